The van der Waals surface area contributed by atoms with Crippen LogP contribution in [0.3, 0.4) is 0 Å². The summed E-state index contributed by atoms with van der Waals surface area (Å²) in [5.74, 6) is 1.36. The predicted octanol–water partition coefficient (Wildman–Crippen LogP) is 3.99. The Bertz CT molecular complexity index is 522. The SMILES string of the molecule is CC(C)c1ccccc1OC(C)c1csc(N)n1. The molecule has 96 valence electrons. The number of para-hydroxylation sites is 1. The van der Waals surface area contributed by atoms with Gasteiger partial charge in [-0.3, -0.25) is 0 Å². The van der Waals surface area contributed by atoms with Crippen LogP contribution in [0.2, 0.25) is 0 Å². The molecule has 0 amide bonds. The minimum Gasteiger partial charge on any atom is -0.484 e. The molecule has 2 rings (SSSR count). The molecule has 0 radical (unpaired) electrons. The van der Waals surface area contributed by atoms with Crippen molar-refractivity contribution in [3.8, 4) is 5.75 Å². The number of hydrogen-bond donors (Lipinski definition) is 1. The molecule has 0 aliphatic rings. The predicted molar refractivity (Wildman–Crippen MR) is 76.1 cm³/mol. The van der Waals surface area contributed by atoms with Crippen LogP contribution in [0, 0.1) is 0 Å². The molecule has 1 aromatic carbocycles. The van der Waals surface area contributed by atoms with Gasteiger partial charge in [0.05, 0.1) is 5.69 Å². The molecule has 0 spiro atoms. The number of anilines is 1. The van der Waals surface area contributed by atoms with Crippen molar-refractivity contribution in [1.29, 1.82) is 0 Å². The lowest BCUT2D eigenvalue weighted by Crippen LogP contribution is -2.06. The van der Waals surface area contributed by atoms with Gasteiger partial charge in [0, 0.05) is 5.38 Å². The number of aromatic nitrogens is 1. The number of nitrogens with two attached hydrogens (primary N) is 1. The third-order valence-corrected chi connectivity index (χ3v) is 3.49. The van der Waals surface area contributed by atoms with Crippen LogP contribution >= 0.6 is 11.3 Å². The maximum Gasteiger partial charge on any atom is 0.180 e. The van der Waals surface area contributed by atoms with Gasteiger partial charge in [0.15, 0.2) is 5.13 Å². The maximum atomic E-state index is 5.99. The van der Waals surface area contributed by atoms with E-state index in [1.807, 2.05) is 30.5 Å². The van der Waals surface area contributed by atoms with Gasteiger partial charge in [-0.25, -0.2) is 4.98 Å². The number of nitrogens with zero attached hydrogens (tertiary/aromatic N) is 1. The van der Waals surface area contributed by atoms with Crippen molar-refractivity contribution in [3.63, 3.8) is 0 Å². The number of hydrogen-bond acceptors (Lipinski definition) is 4. The lowest BCUT2D eigenvalue weighted by molar-refractivity contribution is 0.220. The summed E-state index contributed by atoms with van der Waals surface area (Å²) in [5.41, 5.74) is 7.74. The molecule has 0 saturated heterocycles. The monoisotopic (exact) mass is 262 g/mol. The van der Waals surface area contributed by atoms with E-state index in [0.717, 1.165) is 11.4 Å². The van der Waals surface area contributed by atoms with Gasteiger partial charge < -0.3 is 10.5 Å². The van der Waals surface area contributed by atoms with Gasteiger partial charge in [-0.05, 0) is 24.5 Å². The van der Waals surface area contributed by atoms with Gasteiger partial charge in [-0.1, -0.05) is 32.0 Å². The van der Waals surface area contributed by atoms with E-state index in [9.17, 15) is 0 Å². The Kier molecular flexibility index (Phi) is 3.87. The number of rotatable bonds is 4. The fourth-order valence-corrected chi connectivity index (χ4v) is 2.45. The maximum absolute atomic E-state index is 5.99. The average molecular weight is 262 g/mol. The van der Waals surface area contributed by atoms with E-state index >= 15 is 0 Å². The Balaban J connectivity index is 2.19. The molecular formula is C14H18N2OS. The quantitative estimate of drug-likeness (QED) is 0.906. The first-order chi connectivity index (χ1) is 8.58. The Labute approximate surface area is 112 Å². The lowest BCUT2D eigenvalue weighted by atomic mass is 10.0. The molecule has 1 unspecified atom stereocenters. The van der Waals surface area contributed by atoms with Gasteiger partial charge >= 0.3 is 0 Å². The molecule has 18 heavy (non-hydrogen) atoms. The van der Waals surface area contributed by atoms with Gasteiger partial charge in [-0.2, -0.15) is 0 Å². The molecule has 2 aromatic rings. The van der Waals surface area contributed by atoms with Crippen LogP contribution in [0.4, 0.5) is 5.13 Å². The minimum atomic E-state index is -0.0848. The summed E-state index contributed by atoms with van der Waals surface area (Å²) in [6, 6.07) is 8.13. The highest BCUT2D eigenvalue weighted by Gasteiger charge is 2.14. The second-order valence-electron chi connectivity index (χ2n) is 4.56. The van der Waals surface area contributed by atoms with Crippen LogP contribution in [0.1, 0.15) is 44.1 Å². The van der Waals surface area contributed by atoms with E-state index in [-0.39, 0.29) is 6.10 Å². The van der Waals surface area contributed by atoms with Crippen molar-refractivity contribution in [2.45, 2.75) is 32.8 Å². The zero-order valence-corrected chi connectivity index (χ0v) is 11.7. The Morgan fingerprint density at radius 2 is 1.94 bits per heavy atom. The normalized spacial score (nSPS) is 12.7. The van der Waals surface area contributed by atoms with E-state index < -0.39 is 0 Å². The third-order valence-electron chi connectivity index (χ3n) is 2.80. The van der Waals surface area contributed by atoms with Crippen molar-refractivity contribution in [2.75, 3.05) is 5.73 Å². The molecule has 0 fully saturated rings. The Hall–Kier alpha value is -1.55. The fraction of sp³-hybridized carbons (Fsp3) is 0.357. The summed E-state index contributed by atoms with van der Waals surface area (Å²) in [7, 11) is 0. The van der Waals surface area contributed by atoms with E-state index in [4.69, 9.17) is 10.5 Å². The summed E-state index contributed by atoms with van der Waals surface area (Å²) < 4.78 is 5.99. The van der Waals surface area contributed by atoms with Crippen molar-refractivity contribution in [1.82, 2.24) is 4.98 Å². The first-order valence-electron chi connectivity index (χ1n) is 6.04. The van der Waals surface area contributed by atoms with Gasteiger partial charge in [0.1, 0.15) is 11.9 Å². The average Bonchev–Trinajstić information content (AvgIpc) is 2.76. The van der Waals surface area contributed by atoms with Gasteiger partial charge in [-0.15, -0.1) is 11.3 Å². The molecule has 3 nitrogen and oxygen atoms in total. The largest absolute Gasteiger partial charge is 0.484 e. The van der Waals surface area contributed by atoms with E-state index in [1.54, 1.807) is 0 Å². The molecule has 2 N–H and O–H groups in total. The highest BCUT2D eigenvalue weighted by Crippen LogP contribution is 2.30. The molecule has 1 heterocycles. The topological polar surface area (TPSA) is 48.1 Å². The standard InChI is InChI=1S/C14H18N2OS/c1-9(2)11-6-4-5-7-13(11)17-10(3)12-8-18-14(15)16-12/h4-10H,1-3H3,(H2,15,16). The number of benzene rings is 1. The van der Waals surface area contributed by atoms with E-state index in [2.05, 4.69) is 24.9 Å². The molecular weight excluding hydrogens is 244 g/mol. The number of nitrogen functional groups attached to an aromatic ring is 1. The van der Waals surface area contributed by atoms with Crippen LogP contribution in [0.15, 0.2) is 29.6 Å². The van der Waals surface area contributed by atoms with Crippen molar-refractivity contribution < 1.29 is 4.74 Å². The van der Waals surface area contributed by atoms with Gasteiger partial charge in [0.2, 0.25) is 0 Å². The first kappa shape index (κ1) is 12.9. The minimum absolute atomic E-state index is 0.0848. The van der Waals surface area contributed by atoms with Crippen LogP contribution in [-0.4, -0.2) is 4.98 Å². The summed E-state index contributed by atoms with van der Waals surface area (Å²) in [4.78, 5) is 4.25. The summed E-state index contributed by atoms with van der Waals surface area (Å²) in [6.07, 6.45) is -0.0848. The number of thiazole rings is 1. The summed E-state index contributed by atoms with van der Waals surface area (Å²) in [5, 5.41) is 2.52. The zero-order valence-electron chi connectivity index (χ0n) is 10.9. The number of ether oxygens (including phenoxy) is 1. The smallest absolute Gasteiger partial charge is 0.180 e. The lowest BCUT2D eigenvalue weighted by Gasteiger charge is -2.17. The van der Waals surface area contributed by atoms with Crippen LogP contribution in [0.25, 0.3) is 0 Å². The van der Waals surface area contributed by atoms with Crippen LogP contribution < -0.4 is 10.5 Å². The molecule has 4 heteroatoms. The molecule has 0 saturated carbocycles. The molecule has 1 aromatic heterocycles. The molecule has 0 bridgehead atoms. The zero-order chi connectivity index (χ0) is 13.1. The molecule has 0 aliphatic heterocycles. The Morgan fingerprint density at radius 1 is 1.22 bits per heavy atom. The second kappa shape index (κ2) is 5.40. The van der Waals surface area contributed by atoms with Crippen LogP contribution in [0.5, 0.6) is 5.75 Å². The fourth-order valence-electron chi connectivity index (χ4n) is 1.80. The van der Waals surface area contributed by atoms with Crippen molar-refractivity contribution >= 4 is 16.5 Å². The summed E-state index contributed by atoms with van der Waals surface area (Å²) in [6.45, 7) is 6.31. The highest BCUT2D eigenvalue weighted by molar-refractivity contribution is 7.13. The highest BCUT2D eigenvalue weighted by atomic mass is 32.1. The third kappa shape index (κ3) is 2.82. The van der Waals surface area contributed by atoms with Crippen LogP contribution in [-0.2, 0) is 0 Å². The van der Waals surface area contributed by atoms with Crippen molar-refractivity contribution in [2.24, 2.45) is 0 Å². The second-order valence-corrected chi connectivity index (χ2v) is 5.45. The summed E-state index contributed by atoms with van der Waals surface area (Å²) >= 11 is 1.44. The van der Waals surface area contributed by atoms with E-state index in [1.165, 1.54) is 16.9 Å². The van der Waals surface area contributed by atoms with Gasteiger partial charge in [0.25, 0.3) is 0 Å². The van der Waals surface area contributed by atoms with Crippen molar-refractivity contribution in [3.05, 3.63) is 40.9 Å². The first-order valence-corrected chi connectivity index (χ1v) is 6.92. The molecule has 0 aliphatic carbocycles. The molecule has 1 atom stereocenters. The Morgan fingerprint density at radius 3 is 2.56 bits per heavy atom. The van der Waals surface area contributed by atoms with E-state index in [0.29, 0.717) is 11.0 Å².